The number of nitrogens with one attached hydrogen (secondary N) is 1. The van der Waals surface area contributed by atoms with Gasteiger partial charge < -0.3 is 10.4 Å². The lowest BCUT2D eigenvalue weighted by molar-refractivity contribution is -0.138. The van der Waals surface area contributed by atoms with E-state index in [0.29, 0.717) is 6.54 Å². The lowest BCUT2D eigenvalue weighted by atomic mass is 10.3. The van der Waals surface area contributed by atoms with E-state index >= 15 is 0 Å². The van der Waals surface area contributed by atoms with E-state index in [1.54, 1.807) is 11.8 Å². The van der Waals surface area contributed by atoms with Crippen molar-refractivity contribution in [1.29, 1.82) is 0 Å². The summed E-state index contributed by atoms with van der Waals surface area (Å²) >= 11 is 1.73. The maximum absolute atomic E-state index is 10.5. The number of carbonyl (C=O) groups is 1. The zero-order valence-electron chi connectivity index (χ0n) is 6.91. The molecule has 0 aromatic heterocycles. The Morgan fingerprint density at radius 2 is 2.67 bits per heavy atom. The van der Waals surface area contributed by atoms with Crippen LogP contribution in [0.5, 0.6) is 0 Å². The summed E-state index contributed by atoms with van der Waals surface area (Å²) in [5.74, 6) is 0.993. The predicted molar refractivity (Wildman–Crippen MR) is 49.9 cm³/mol. The summed E-state index contributed by atoms with van der Waals surface area (Å²) in [6, 6.07) is -0.498. The standard InChI is InChI=1S/C7H12N2O2S/c1-12-3-2-6-8-4-5(9-6)7(10)11/h5H,2-4H2,1H3,(H,8,9)(H,10,11). The number of hydrogen-bond donors (Lipinski definition) is 2. The van der Waals surface area contributed by atoms with E-state index < -0.39 is 12.0 Å². The first-order chi connectivity index (χ1) is 5.74. The monoisotopic (exact) mass is 188 g/mol. The molecule has 1 heterocycles. The van der Waals surface area contributed by atoms with Gasteiger partial charge in [0.15, 0.2) is 0 Å². The Bertz CT molecular complexity index is 206. The molecule has 0 amide bonds. The van der Waals surface area contributed by atoms with E-state index in [2.05, 4.69) is 10.3 Å². The molecule has 12 heavy (non-hydrogen) atoms. The molecular weight excluding hydrogens is 176 g/mol. The molecule has 68 valence electrons. The van der Waals surface area contributed by atoms with Crippen molar-refractivity contribution in [3.8, 4) is 0 Å². The summed E-state index contributed by atoms with van der Waals surface area (Å²) < 4.78 is 0. The maximum Gasteiger partial charge on any atom is 0.328 e. The van der Waals surface area contributed by atoms with Gasteiger partial charge >= 0.3 is 5.97 Å². The fourth-order valence-electron chi connectivity index (χ4n) is 0.984. The number of aliphatic carboxylic acids is 1. The van der Waals surface area contributed by atoms with Crippen molar-refractivity contribution >= 4 is 23.6 Å². The number of nitrogens with zero attached hydrogens (tertiary/aromatic N) is 1. The quantitative estimate of drug-likeness (QED) is 0.661. The van der Waals surface area contributed by atoms with Gasteiger partial charge in [-0.1, -0.05) is 0 Å². The molecule has 0 aliphatic carbocycles. The van der Waals surface area contributed by atoms with Crippen molar-refractivity contribution < 1.29 is 9.90 Å². The van der Waals surface area contributed by atoms with Crippen LogP contribution in [0.4, 0.5) is 0 Å². The molecule has 1 aliphatic rings. The Hall–Kier alpha value is -0.710. The molecule has 1 atom stereocenters. The summed E-state index contributed by atoms with van der Waals surface area (Å²) in [5, 5.41) is 11.5. The summed E-state index contributed by atoms with van der Waals surface area (Å²) in [6.45, 7) is 0.374. The molecule has 2 N–H and O–H groups in total. The topological polar surface area (TPSA) is 61.7 Å². The number of thioether (sulfide) groups is 1. The second-order valence-corrected chi connectivity index (χ2v) is 3.55. The van der Waals surface area contributed by atoms with Crippen LogP contribution in [0.1, 0.15) is 6.42 Å². The summed E-state index contributed by atoms with van der Waals surface area (Å²) in [6.07, 6.45) is 2.86. The molecule has 0 fully saturated rings. The van der Waals surface area contributed by atoms with Crippen molar-refractivity contribution in [2.75, 3.05) is 18.6 Å². The van der Waals surface area contributed by atoms with Crippen LogP contribution in [0.25, 0.3) is 0 Å². The molecule has 1 unspecified atom stereocenters. The van der Waals surface area contributed by atoms with Crippen molar-refractivity contribution in [3.63, 3.8) is 0 Å². The minimum Gasteiger partial charge on any atom is -0.480 e. The van der Waals surface area contributed by atoms with Crippen LogP contribution in [0.15, 0.2) is 4.99 Å². The number of carboxylic acid groups (broad SMARTS) is 1. The van der Waals surface area contributed by atoms with Crippen LogP contribution in [0.3, 0.4) is 0 Å². The van der Waals surface area contributed by atoms with E-state index in [-0.39, 0.29) is 0 Å². The van der Waals surface area contributed by atoms with Gasteiger partial charge in [0.2, 0.25) is 0 Å². The molecule has 4 nitrogen and oxygen atoms in total. The summed E-state index contributed by atoms with van der Waals surface area (Å²) in [7, 11) is 0. The smallest absolute Gasteiger partial charge is 0.328 e. The fourth-order valence-corrected chi connectivity index (χ4v) is 1.38. The highest BCUT2D eigenvalue weighted by Gasteiger charge is 2.22. The average Bonchev–Trinajstić information content (AvgIpc) is 2.48. The van der Waals surface area contributed by atoms with Crippen LogP contribution in [0, 0.1) is 0 Å². The second-order valence-electron chi connectivity index (χ2n) is 2.57. The van der Waals surface area contributed by atoms with Crippen LogP contribution in [-0.2, 0) is 4.79 Å². The van der Waals surface area contributed by atoms with Gasteiger partial charge in [0.05, 0.1) is 12.4 Å². The highest BCUT2D eigenvalue weighted by Crippen LogP contribution is 2.02. The third-order valence-corrected chi connectivity index (χ3v) is 2.26. The first-order valence-electron chi connectivity index (χ1n) is 3.75. The van der Waals surface area contributed by atoms with E-state index in [1.165, 1.54) is 0 Å². The van der Waals surface area contributed by atoms with Gasteiger partial charge in [0.25, 0.3) is 0 Å². The molecule has 0 saturated heterocycles. The molecule has 1 aliphatic heterocycles. The van der Waals surface area contributed by atoms with Gasteiger partial charge in [-0.05, 0) is 12.0 Å². The van der Waals surface area contributed by atoms with Gasteiger partial charge in [-0.25, -0.2) is 4.79 Å². The molecule has 0 spiro atoms. The molecule has 0 aromatic rings. The molecule has 0 radical (unpaired) electrons. The Morgan fingerprint density at radius 3 is 3.17 bits per heavy atom. The molecule has 0 aromatic carbocycles. The number of amidine groups is 1. The number of hydrogen-bond acceptors (Lipinski definition) is 4. The predicted octanol–water partition coefficient (Wildman–Crippen LogP) is 0.194. The lowest BCUT2D eigenvalue weighted by Gasteiger charge is -2.05. The maximum atomic E-state index is 10.5. The van der Waals surface area contributed by atoms with Crippen LogP contribution < -0.4 is 5.32 Å². The minimum atomic E-state index is -0.821. The van der Waals surface area contributed by atoms with Gasteiger partial charge in [0, 0.05) is 6.42 Å². The molecule has 0 bridgehead atoms. The number of aliphatic imine (C=N–C) groups is 1. The van der Waals surface area contributed by atoms with Crippen molar-refractivity contribution in [3.05, 3.63) is 0 Å². The van der Waals surface area contributed by atoms with Gasteiger partial charge in [-0.3, -0.25) is 4.99 Å². The van der Waals surface area contributed by atoms with E-state index in [1.807, 2.05) is 6.26 Å². The minimum absolute atomic E-state index is 0.374. The van der Waals surface area contributed by atoms with Gasteiger partial charge in [-0.2, -0.15) is 11.8 Å². The van der Waals surface area contributed by atoms with Crippen molar-refractivity contribution in [2.24, 2.45) is 4.99 Å². The molecule has 5 heteroatoms. The summed E-state index contributed by atoms with van der Waals surface area (Å²) in [5.41, 5.74) is 0. The summed E-state index contributed by atoms with van der Waals surface area (Å²) in [4.78, 5) is 14.6. The largest absolute Gasteiger partial charge is 0.480 e. The van der Waals surface area contributed by atoms with Crippen LogP contribution in [-0.4, -0.2) is 41.5 Å². The lowest BCUT2D eigenvalue weighted by Crippen LogP contribution is -2.37. The van der Waals surface area contributed by atoms with Crippen LogP contribution >= 0.6 is 11.8 Å². The number of rotatable bonds is 4. The van der Waals surface area contributed by atoms with E-state index in [0.717, 1.165) is 18.0 Å². The molecule has 0 saturated carbocycles. The average molecular weight is 188 g/mol. The van der Waals surface area contributed by atoms with Crippen LogP contribution in [0.2, 0.25) is 0 Å². The first kappa shape index (κ1) is 9.38. The second kappa shape index (κ2) is 4.35. The Morgan fingerprint density at radius 1 is 1.92 bits per heavy atom. The highest BCUT2D eigenvalue weighted by atomic mass is 32.2. The highest BCUT2D eigenvalue weighted by molar-refractivity contribution is 7.98. The third kappa shape index (κ3) is 2.41. The zero-order valence-corrected chi connectivity index (χ0v) is 7.73. The number of carboxylic acids is 1. The third-order valence-electron chi connectivity index (χ3n) is 1.65. The van der Waals surface area contributed by atoms with E-state index in [9.17, 15) is 4.79 Å². The Labute approximate surface area is 75.4 Å². The SMILES string of the molecule is CSCCC1=NCC(C(=O)O)N1. The van der Waals surface area contributed by atoms with Crippen molar-refractivity contribution in [1.82, 2.24) is 5.32 Å². The fraction of sp³-hybridized carbons (Fsp3) is 0.714. The van der Waals surface area contributed by atoms with E-state index in [4.69, 9.17) is 5.11 Å². The van der Waals surface area contributed by atoms with Crippen molar-refractivity contribution in [2.45, 2.75) is 12.5 Å². The van der Waals surface area contributed by atoms with Gasteiger partial charge in [0.1, 0.15) is 6.04 Å². The zero-order chi connectivity index (χ0) is 8.97. The molecule has 1 rings (SSSR count). The first-order valence-corrected chi connectivity index (χ1v) is 5.15. The Balaban J connectivity index is 2.28. The van der Waals surface area contributed by atoms with Gasteiger partial charge in [-0.15, -0.1) is 0 Å². The molecular formula is C7H12N2O2S. The normalized spacial score (nSPS) is 21.8. The Kier molecular flexibility index (Phi) is 3.40.